The van der Waals surface area contributed by atoms with Gasteiger partial charge in [0.2, 0.25) is 11.8 Å². The topological polar surface area (TPSA) is 75.4 Å². The number of nitrogens with zero attached hydrogens (tertiary/aromatic N) is 1. The standard InChI is InChI=1S/C23H35N3O2.ClH/c24-18-23(11-5-2-6-12-23)16-21(27)25-17-22(28)26-13-9-20(10-14-26)15-19-7-3-1-4-8-19;/h1,3-4,7-8,20H,2,5-6,9-18,24H2,(H,25,27);1H. The van der Waals surface area contributed by atoms with E-state index in [1.807, 2.05) is 11.0 Å². The molecular weight excluding hydrogens is 386 g/mol. The molecular formula is C23H36ClN3O2. The van der Waals surface area contributed by atoms with Gasteiger partial charge in [-0.3, -0.25) is 9.59 Å². The van der Waals surface area contributed by atoms with Crippen LogP contribution < -0.4 is 11.1 Å². The molecule has 2 amide bonds. The first-order valence-electron chi connectivity index (χ1n) is 10.9. The number of hydrogen-bond donors (Lipinski definition) is 2. The molecule has 1 aliphatic heterocycles. The van der Waals surface area contributed by atoms with E-state index in [-0.39, 0.29) is 36.2 Å². The van der Waals surface area contributed by atoms with E-state index in [0.717, 1.165) is 58.0 Å². The number of halogens is 1. The summed E-state index contributed by atoms with van der Waals surface area (Å²) >= 11 is 0. The van der Waals surface area contributed by atoms with E-state index in [1.54, 1.807) is 0 Å². The van der Waals surface area contributed by atoms with E-state index in [4.69, 9.17) is 5.73 Å². The summed E-state index contributed by atoms with van der Waals surface area (Å²) in [5.74, 6) is 0.647. The van der Waals surface area contributed by atoms with Crippen molar-refractivity contribution in [3.63, 3.8) is 0 Å². The maximum atomic E-state index is 12.5. The minimum absolute atomic E-state index is 0. The number of hydrogen-bond acceptors (Lipinski definition) is 3. The van der Waals surface area contributed by atoms with Crippen molar-refractivity contribution in [3.8, 4) is 0 Å². The summed E-state index contributed by atoms with van der Waals surface area (Å²) in [5.41, 5.74) is 7.29. The largest absolute Gasteiger partial charge is 0.347 e. The van der Waals surface area contributed by atoms with E-state index in [0.29, 0.717) is 18.9 Å². The molecule has 1 aromatic carbocycles. The number of amides is 2. The Morgan fingerprint density at radius 2 is 1.72 bits per heavy atom. The maximum absolute atomic E-state index is 12.5. The Morgan fingerprint density at radius 3 is 2.34 bits per heavy atom. The molecule has 0 aromatic heterocycles. The van der Waals surface area contributed by atoms with Crippen LogP contribution in [0.2, 0.25) is 0 Å². The molecule has 1 aliphatic carbocycles. The van der Waals surface area contributed by atoms with Crippen LogP contribution in [0.3, 0.4) is 0 Å². The van der Waals surface area contributed by atoms with Crippen LogP contribution in [0.25, 0.3) is 0 Å². The second kappa shape index (κ2) is 11.6. The average Bonchev–Trinajstić information content (AvgIpc) is 2.74. The van der Waals surface area contributed by atoms with Crippen molar-refractivity contribution in [1.82, 2.24) is 10.2 Å². The molecule has 5 nitrogen and oxygen atoms in total. The number of nitrogens with one attached hydrogen (secondary N) is 1. The van der Waals surface area contributed by atoms with E-state index >= 15 is 0 Å². The molecule has 29 heavy (non-hydrogen) atoms. The first kappa shape index (κ1) is 23.7. The van der Waals surface area contributed by atoms with Gasteiger partial charge in [-0.15, -0.1) is 12.4 Å². The van der Waals surface area contributed by atoms with E-state index < -0.39 is 0 Å². The number of carbonyl (C=O) groups is 2. The van der Waals surface area contributed by atoms with Gasteiger partial charge in [0.25, 0.3) is 0 Å². The summed E-state index contributed by atoms with van der Waals surface area (Å²) < 4.78 is 0. The highest BCUT2D eigenvalue weighted by atomic mass is 35.5. The maximum Gasteiger partial charge on any atom is 0.241 e. The zero-order valence-corrected chi connectivity index (χ0v) is 18.2. The highest BCUT2D eigenvalue weighted by molar-refractivity contribution is 5.85. The summed E-state index contributed by atoms with van der Waals surface area (Å²) in [5, 5.41) is 2.85. The number of likely N-dealkylation sites (tertiary alicyclic amines) is 1. The normalized spacial score (nSPS) is 19.3. The molecule has 2 aliphatic rings. The Hall–Kier alpha value is -1.59. The minimum Gasteiger partial charge on any atom is -0.347 e. The predicted molar refractivity (Wildman–Crippen MR) is 119 cm³/mol. The molecule has 162 valence electrons. The Morgan fingerprint density at radius 1 is 1.07 bits per heavy atom. The lowest BCUT2D eigenvalue weighted by molar-refractivity contribution is -0.134. The Balaban J connectivity index is 0.00000300. The summed E-state index contributed by atoms with van der Waals surface area (Å²) in [6.07, 6.45) is 9.21. The Bertz CT molecular complexity index is 639. The number of rotatable bonds is 7. The van der Waals surface area contributed by atoms with Gasteiger partial charge in [-0.05, 0) is 55.5 Å². The van der Waals surface area contributed by atoms with Crippen LogP contribution in [-0.4, -0.2) is 42.9 Å². The van der Waals surface area contributed by atoms with Crippen molar-refractivity contribution in [3.05, 3.63) is 35.9 Å². The zero-order chi connectivity index (χ0) is 19.8. The fourth-order valence-electron chi connectivity index (χ4n) is 4.78. The minimum atomic E-state index is -0.0544. The molecule has 1 aromatic rings. The SMILES string of the molecule is Cl.NCC1(CC(=O)NCC(=O)N2CCC(Cc3ccccc3)CC2)CCCCC1. The average molecular weight is 422 g/mol. The third-order valence-corrected chi connectivity index (χ3v) is 6.65. The van der Waals surface area contributed by atoms with Crippen molar-refractivity contribution in [2.75, 3.05) is 26.2 Å². The molecule has 2 fully saturated rings. The summed E-state index contributed by atoms with van der Waals surface area (Å²) in [7, 11) is 0. The van der Waals surface area contributed by atoms with Crippen molar-refractivity contribution in [2.24, 2.45) is 17.1 Å². The highest BCUT2D eigenvalue weighted by Crippen LogP contribution is 2.38. The first-order chi connectivity index (χ1) is 13.6. The third-order valence-electron chi connectivity index (χ3n) is 6.65. The monoisotopic (exact) mass is 421 g/mol. The van der Waals surface area contributed by atoms with Crippen LogP contribution in [-0.2, 0) is 16.0 Å². The molecule has 1 heterocycles. The molecule has 3 N–H and O–H groups in total. The third kappa shape index (κ3) is 7.00. The van der Waals surface area contributed by atoms with Crippen LogP contribution in [0.4, 0.5) is 0 Å². The highest BCUT2D eigenvalue weighted by Gasteiger charge is 2.33. The zero-order valence-electron chi connectivity index (χ0n) is 17.4. The van der Waals surface area contributed by atoms with Gasteiger partial charge in [0.05, 0.1) is 6.54 Å². The smallest absolute Gasteiger partial charge is 0.241 e. The van der Waals surface area contributed by atoms with Gasteiger partial charge in [0.1, 0.15) is 0 Å². The number of carbonyl (C=O) groups excluding carboxylic acids is 2. The quantitative estimate of drug-likeness (QED) is 0.709. The summed E-state index contributed by atoms with van der Waals surface area (Å²) in [6.45, 7) is 2.25. The molecule has 1 saturated heterocycles. The van der Waals surface area contributed by atoms with Gasteiger partial charge in [-0.25, -0.2) is 0 Å². The van der Waals surface area contributed by atoms with Crippen LogP contribution in [0.15, 0.2) is 30.3 Å². The van der Waals surface area contributed by atoms with Crippen LogP contribution in [0.1, 0.15) is 56.9 Å². The molecule has 0 bridgehead atoms. The predicted octanol–water partition coefficient (Wildman–Crippen LogP) is 3.31. The molecule has 0 unspecified atom stereocenters. The van der Waals surface area contributed by atoms with Gasteiger partial charge < -0.3 is 16.0 Å². The number of benzene rings is 1. The van der Waals surface area contributed by atoms with Gasteiger partial charge >= 0.3 is 0 Å². The van der Waals surface area contributed by atoms with Gasteiger partial charge in [-0.2, -0.15) is 0 Å². The van der Waals surface area contributed by atoms with E-state index in [9.17, 15) is 9.59 Å². The Kier molecular flexibility index (Phi) is 9.44. The summed E-state index contributed by atoms with van der Waals surface area (Å²) in [4.78, 5) is 26.8. The lowest BCUT2D eigenvalue weighted by Crippen LogP contribution is -2.45. The van der Waals surface area contributed by atoms with Crippen molar-refractivity contribution in [2.45, 2.75) is 57.8 Å². The molecule has 1 saturated carbocycles. The van der Waals surface area contributed by atoms with Gasteiger partial charge in [0.15, 0.2) is 0 Å². The van der Waals surface area contributed by atoms with E-state index in [2.05, 4.69) is 29.6 Å². The van der Waals surface area contributed by atoms with Gasteiger partial charge in [0, 0.05) is 19.5 Å². The van der Waals surface area contributed by atoms with Crippen molar-refractivity contribution >= 4 is 24.2 Å². The second-order valence-electron chi connectivity index (χ2n) is 8.73. The molecule has 0 spiro atoms. The number of piperidine rings is 1. The van der Waals surface area contributed by atoms with Crippen LogP contribution >= 0.6 is 12.4 Å². The fraction of sp³-hybridized carbons (Fsp3) is 0.652. The van der Waals surface area contributed by atoms with E-state index in [1.165, 1.54) is 12.0 Å². The molecule has 0 radical (unpaired) electrons. The number of nitrogens with two attached hydrogens (primary N) is 1. The van der Waals surface area contributed by atoms with Crippen molar-refractivity contribution < 1.29 is 9.59 Å². The van der Waals surface area contributed by atoms with Crippen molar-refractivity contribution in [1.29, 1.82) is 0 Å². The van der Waals surface area contributed by atoms with Crippen LogP contribution in [0.5, 0.6) is 0 Å². The second-order valence-corrected chi connectivity index (χ2v) is 8.73. The first-order valence-corrected chi connectivity index (χ1v) is 10.9. The molecule has 0 atom stereocenters. The fourth-order valence-corrected chi connectivity index (χ4v) is 4.78. The molecule has 3 rings (SSSR count). The lowest BCUT2D eigenvalue weighted by atomic mass is 9.71. The molecule has 6 heteroatoms. The Labute approximate surface area is 181 Å². The van der Waals surface area contributed by atoms with Crippen LogP contribution in [0, 0.1) is 11.3 Å². The lowest BCUT2D eigenvalue weighted by Gasteiger charge is -2.36. The van der Waals surface area contributed by atoms with Gasteiger partial charge in [-0.1, -0.05) is 49.6 Å². The summed E-state index contributed by atoms with van der Waals surface area (Å²) in [6, 6.07) is 10.6.